The second kappa shape index (κ2) is 4.81. The molecule has 1 aromatic rings. The minimum Gasteiger partial charge on any atom is -0.310 e. The van der Waals surface area contributed by atoms with Crippen LogP contribution in [-0.2, 0) is 12.7 Å². The number of hydrogen-bond acceptors (Lipinski definition) is 2. The zero-order valence-electron chi connectivity index (χ0n) is 10.7. The molecule has 2 aliphatic carbocycles. The van der Waals surface area contributed by atoms with E-state index in [9.17, 15) is 13.2 Å². The minimum absolute atomic E-state index is 0.0775. The number of alkyl halides is 3. The summed E-state index contributed by atoms with van der Waals surface area (Å²) in [6.07, 6.45) is 2.81. The molecule has 0 atom stereocenters. The molecular weight excluding hydrogens is 255 g/mol. The highest BCUT2D eigenvalue weighted by atomic mass is 19.4. The summed E-state index contributed by atoms with van der Waals surface area (Å²) in [5, 5.41) is 7.16. The molecule has 0 unspecified atom stereocenters. The van der Waals surface area contributed by atoms with Gasteiger partial charge in [0.25, 0.3) is 0 Å². The maximum Gasteiger partial charge on any atom is 0.433 e. The van der Waals surface area contributed by atoms with Gasteiger partial charge in [-0.2, -0.15) is 18.3 Å². The van der Waals surface area contributed by atoms with Crippen LogP contribution in [0.3, 0.4) is 0 Å². The van der Waals surface area contributed by atoms with Crippen molar-refractivity contribution in [3.63, 3.8) is 0 Å². The summed E-state index contributed by atoms with van der Waals surface area (Å²) in [5.41, 5.74) is -0.265. The average Bonchev–Trinajstić information content (AvgIpc) is 2.87. The van der Waals surface area contributed by atoms with Gasteiger partial charge < -0.3 is 5.32 Å². The van der Waals surface area contributed by atoms with Gasteiger partial charge in [0.05, 0.1) is 12.2 Å². The highest BCUT2D eigenvalue weighted by Gasteiger charge is 2.40. The Balaban J connectivity index is 1.85. The van der Waals surface area contributed by atoms with Gasteiger partial charge in [-0.15, -0.1) is 0 Å². The van der Waals surface area contributed by atoms with Gasteiger partial charge in [-0.3, -0.25) is 4.68 Å². The van der Waals surface area contributed by atoms with Crippen molar-refractivity contribution in [1.29, 1.82) is 0 Å². The summed E-state index contributed by atoms with van der Waals surface area (Å²) < 4.78 is 41.0. The van der Waals surface area contributed by atoms with Crippen molar-refractivity contribution < 1.29 is 13.2 Å². The first-order valence-electron chi connectivity index (χ1n) is 6.92. The van der Waals surface area contributed by atoms with Crippen molar-refractivity contribution in [2.75, 3.05) is 0 Å². The van der Waals surface area contributed by atoms with Gasteiger partial charge in [0.2, 0.25) is 0 Å². The molecule has 6 heteroatoms. The molecule has 0 amide bonds. The van der Waals surface area contributed by atoms with Crippen molar-refractivity contribution in [1.82, 2.24) is 15.1 Å². The third kappa shape index (κ3) is 2.78. The summed E-state index contributed by atoms with van der Waals surface area (Å²) in [6.45, 7) is 0.270. The molecule has 0 aromatic carbocycles. The number of nitrogens with zero attached hydrogens (tertiary/aromatic N) is 2. The van der Waals surface area contributed by atoms with Crippen molar-refractivity contribution in [3.05, 3.63) is 17.5 Å². The van der Waals surface area contributed by atoms with Gasteiger partial charge in [-0.1, -0.05) is 12.8 Å². The predicted octanol–water partition coefficient (Wildman–Crippen LogP) is 3.27. The van der Waals surface area contributed by atoms with Crippen LogP contribution in [0, 0.1) is 0 Å². The molecule has 3 rings (SSSR count). The van der Waals surface area contributed by atoms with E-state index in [1.807, 2.05) is 0 Å². The Morgan fingerprint density at radius 2 is 1.89 bits per heavy atom. The lowest BCUT2D eigenvalue weighted by atomic mass is 10.2. The highest BCUT2D eigenvalue weighted by Crippen LogP contribution is 2.38. The number of rotatable bonds is 4. The third-order valence-corrected chi connectivity index (χ3v) is 3.97. The Morgan fingerprint density at radius 3 is 2.47 bits per heavy atom. The fourth-order valence-electron chi connectivity index (χ4n) is 2.81. The van der Waals surface area contributed by atoms with E-state index in [0.717, 1.165) is 38.5 Å². The summed E-state index contributed by atoms with van der Waals surface area (Å²) >= 11 is 0. The van der Waals surface area contributed by atoms with Crippen LogP contribution >= 0.6 is 0 Å². The van der Waals surface area contributed by atoms with Crippen LogP contribution in [0.15, 0.2) is 6.20 Å². The first-order chi connectivity index (χ1) is 9.05. The average molecular weight is 273 g/mol. The van der Waals surface area contributed by atoms with Gasteiger partial charge in [0.15, 0.2) is 0 Å². The Labute approximate surface area is 110 Å². The van der Waals surface area contributed by atoms with E-state index in [-0.39, 0.29) is 18.2 Å². The van der Waals surface area contributed by atoms with E-state index in [0.29, 0.717) is 6.04 Å². The van der Waals surface area contributed by atoms with Gasteiger partial charge in [0.1, 0.15) is 5.69 Å². The maximum atomic E-state index is 13.2. The van der Waals surface area contributed by atoms with Crippen molar-refractivity contribution in [2.45, 2.75) is 63.3 Å². The number of halogens is 3. The number of nitrogens with one attached hydrogen (secondary N) is 1. The van der Waals surface area contributed by atoms with Crippen LogP contribution in [-0.4, -0.2) is 15.8 Å². The van der Waals surface area contributed by atoms with Crippen LogP contribution in [0.4, 0.5) is 13.2 Å². The standard InChI is InChI=1S/C13H18F3N3/c14-13(15,16)12-9(7-17-10-5-6-10)8-18-19(12)11-3-1-2-4-11/h8,10-11,17H,1-7H2. The van der Waals surface area contributed by atoms with Gasteiger partial charge in [-0.05, 0) is 25.7 Å². The molecule has 0 radical (unpaired) electrons. The molecule has 1 heterocycles. The normalized spacial score (nSPS) is 21.2. The molecule has 0 bridgehead atoms. The Bertz CT molecular complexity index is 442. The minimum atomic E-state index is -4.32. The van der Waals surface area contributed by atoms with Crippen LogP contribution in [0.25, 0.3) is 0 Å². The SMILES string of the molecule is FC(F)(F)c1c(CNC2CC2)cnn1C1CCCC1. The van der Waals surface area contributed by atoms with E-state index < -0.39 is 11.9 Å². The van der Waals surface area contributed by atoms with Crippen LogP contribution in [0.1, 0.15) is 55.8 Å². The van der Waals surface area contributed by atoms with Crippen LogP contribution < -0.4 is 5.32 Å². The molecule has 106 valence electrons. The summed E-state index contributed by atoms with van der Waals surface area (Å²) in [7, 11) is 0. The van der Waals surface area contributed by atoms with Gasteiger partial charge in [0, 0.05) is 18.2 Å². The second-order valence-corrected chi connectivity index (χ2v) is 5.55. The van der Waals surface area contributed by atoms with Crippen molar-refractivity contribution in [3.8, 4) is 0 Å². The molecule has 2 saturated carbocycles. The quantitative estimate of drug-likeness (QED) is 0.912. The molecule has 2 aliphatic rings. The molecule has 0 aliphatic heterocycles. The molecule has 0 spiro atoms. The maximum absolute atomic E-state index is 13.2. The molecule has 1 N–H and O–H groups in total. The van der Waals surface area contributed by atoms with E-state index in [1.54, 1.807) is 0 Å². The molecule has 2 fully saturated rings. The molecule has 3 nitrogen and oxygen atoms in total. The fraction of sp³-hybridized carbons (Fsp3) is 0.769. The number of hydrogen-bond donors (Lipinski definition) is 1. The zero-order chi connectivity index (χ0) is 13.5. The molecule has 1 aromatic heterocycles. The fourth-order valence-corrected chi connectivity index (χ4v) is 2.81. The second-order valence-electron chi connectivity index (χ2n) is 5.55. The van der Waals surface area contributed by atoms with E-state index in [1.165, 1.54) is 10.9 Å². The molecular formula is C13H18F3N3. The van der Waals surface area contributed by atoms with Crippen LogP contribution in [0.5, 0.6) is 0 Å². The summed E-state index contributed by atoms with van der Waals surface area (Å²) in [6, 6.07) is 0.321. The van der Waals surface area contributed by atoms with Crippen LogP contribution in [0.2, 0.25) is 0 Å². The van der Waals surface area contributed by atoms with Crippen molar-refractivity contribution in [2.24, 2.45) is 0 Å². The summed E-state index contributed by atoms with van der Waals surface area (Å²) in [4.78, 5) is 0. The Morgan fingerprint density at radius 1 is 1.21 bits per heavy atom. The van der Waals surface area contributed by atoms with E-state index in [2.05, 4.69) is 10.4 Å². The first kappa shape index (κ1) is 13.0. The predicted molar refractivity (Wildman–Crippen MR) is 64.6 cm³/mol. The third-order valence-electron chi connectivity index (χ3n) is 3.97. The topological polar surface area (TPSA) is 29.9 Å². The summed E-state index contributed by atoms with van der Waals surface area (Å²) in [5.74, 6) is 0. The number of aromatic nitrogens is 2. The smallest absolute Gasteiger partial charge is 0.310 e. The first-order valence-corrected chi connectivity index (χ1v) is 6.92. The highest BCUT2D eigenvalue weighted by molar-refractivity contribution is 5.22. The van der Waals surface area contributed by atoms with Gasteiger partial charge >= 0.3 is 6.18 Å². The Kier molecular flexibility index (Phi) is 3.28. The van der Waals surface area contributed by atoms with E-state index in [4.69, 9.17) is 0 Å². The lowest BCUT2D eigenvalue weighted by molar-refractivity contribution is -0.145. The molecule has 0 saturated heterocycles. The Hall–Kier alpha value is -1.04. The zero-order valence-corrected chi connectivity index (χ0v) is 10.7. The lowest BCUT2D eigenvalue weighted by Gasteiger charge is -2.17. The molecule has 19 heavy (non-hydrogen) atoms. The van der Waals surface area contributed by atoms with Crippen molar-refractivity contribution >= 4 is 0 Å². The van der Waals surface area contributed by atoms with E-state index >= 15 is 0 Å². The largest absolute Gasteiger partial charge is 0.433 e. The lowest BCUT2D eigenvalue weighted by Crippen LogP contribution is -2.22. The van der Waals surface area contributed by atoms with Gasteiger partial charge in [-0.25, -0.2) is 0 Å². The monoisotopic (exact) mass is 273 g/mol.